The molecule has 2 N–H and O–H groups in total. The molecule has 4 heteroatoms. The summed E-state index contributed by atoms with van der Waals surface area (Å²) in [6.07, 6.45) is 2.55. The number of nitrogens with zero attached hydrogens (tertiary/aromatic N) is 1. The van der Waals surface area contributed by atoms with Gasteiger partial charge in [0, 0.05) is 32.1 Å². The van der Waals surface area contributed by atoms with Crippen LogP contribution in [0.3, 0.4) is 0 Å². The van der Waals surface area contributed by atoms with E-state index in [1.807, 2.05) is 12.1 Å². The van der Waals surface area contributed by atoms with E-state index in [1.54, 1.807) is 0 Å². The van der Waals surface area contributed by atoms with Gasteiger partial charge in [0.05, 0.1) is 5.60 Å². The van der Waals surface area contributed by atoms with Gasteiger partial charge in [-0.2, -0.15) is 0 Å². The molecule has 126 valence electrons. The standard InChI is InChI=1S/C19H28N2O2/c1-14-3-5-16(6-4-14)19(23)7-10-21(11-8-19)12-9-20-18(22)17-13-15(17)2/h3-6,15,17,23H,7-13H2,1-2H3,(H,20,22)/t15-,17+/m0/s1. The summed E-state index contributed by atoms with van der Waals surface area (Å²) in [5, 5.41) is 13.9. The highest BCUT2D eigenvalue weighted by Gasteiger charge is 2.39. The molecule has 1 saturated carbocycles. The predicted octanol–water partition coefficient (Wildman–Crippen LogP) is 2.05. The summed E-state index contributed by atoms with van der Waals surface area (Å²) >= 11 is 0. The molecular weight excluding hydrogens is 288 g/mol. The number of hydrogen-bond donors (Lipinski definition) is 2. The van der Waals surface area contributed by atoms with Gasteiger partial charge in [0.25, 0.3) is 0 Å². The Labute approximate surface area is 138 Å². The molecular formula is C19H28N2O2. The number of carbonyl (C=O) groups is 1. The number of nitrogens with one attached hydrogen (secondary N) is 1. The zero-order valence-electron chi connectivity index (χ0n) is 14.2. The van der Waals surface area contributed by atoms with E-state index in [1.165, 1.54) is 5.56 Å². The Bertz CT molecular complexity index is 547. The van der Waals surface area contributed by atoms with Crippen molar-refractivity contribution in [2.24, 2.45) is 11.8 Å². The Kier molecular flexibility index (Phi) is 4.74. The monoisotopic (exact) mass is 316 g/mol. The molecule has 3 rings (SSSR count). The van der Waals surface area contributed by atoms with Crippen LogP contribution in [0.15, 0.2) is 24.3 Å². The lowest BCUT2D eigenvalue weighted by Gasteiger charge is -2.38. The van der Waals surface area contributed by atoms with E-state index in [0.29, 0.717) is 12.5 Å². The lowest BCUT2D eigenvalue weighted by Crippen LogP contribution is -2.45. The molecule has 1 aromatic rings. The van der Waals surface area contributed by atoms with Crippen molar-refractivity contribution in [1.82, 2.24) is 10.2 Å². The fourth-order valence-corrected chi connectivity index (χ4v) is 3.45. The molecule has 0 spiro atoms. The van der Waals surface area contributed by atoms with Crippen molar-refractivity contribution in [3.63, 3.8) is 0 Å². The Hall–Kier alpha value is -1.39. The minimum absolute atomic E-state index is 0.214. The first-order chi connectivity index (χ1) is 11.0. The largest absolute Gasteiger partial charge is 0.385 e. The van der Waals surface area contributed by atoms with Crippen LogP contribution in [0.1, 0.15) is 37.3 Å². The average Bonchev–Trinajstić information content (AvgIpc) is 3.27. The quantitative estimate of drug-likeness (QED) is 0.874. The number of benzene rings is 1. The second-order valence-electron chi connectivity index (χ2n) is 7.35. The van der Waals surface area contributed by atoms with E-state index in [2.05, 4.69) is 36.2 Å². The van der Waals surface area contributed by atoms with Gasteiger partial charge in [-0.05, 0) is 37.7 Å². The van der Waals surface area contributed by atoms with Crippen molar-refractivity contribution in [2.45, 2.75) is 38.7 Å². The summed E-state index contributed by atoms with van der Waals surface area (Å²) in [6, 6.07) is 8.21. The highest BCUT2D eigenvalue weighted by molar-refractivity contribution is 5.81. The maximum absolute atomic E-state index is 11.8. The Morgan fingerprint density at radius 2 is 1.91 bits per heavy atom. The van der Waals surface area contributed by atoms with Crippen LogP contribution in [0.5, 0.6) is 0 Å². The molecule has 0 bridgehead atoms. The topological polar surface area (TPSA) is 52.6 Å². The summed E-state index contributed by atoms with van der Waals surface area (Å²) in [5.74, 6) is 1.03. The van der Waals surface area contributed by atoms with E-state index in [-0.39, 0.29) is 11.8 Å². The van der Waals surface area contributed by atoms with Gasteiger partial charge in [-0.1, -0.05) is 36.8 Å². The van der Waals surface area contributed by atoms with E-state index in [0.717, 1.165) is 44.5 Å². The summed E-state index contributed by atoms with van der Waals surface area (Å²) in [4.78, 5) is 14.1. The molecule has 0 aromatic heterocycles. The minimum atomic E-state index is -0.698. The van der Waals surface area contributed by atoms with Crippen LogP contribution in [-0.4, -0.2) is 42.1 Å². The number of carbonyl (C=O) groups excluding carboxylic acids is 1. The number of aliphatic hydroxyl groups is 1. The molecule has 1 aromatic carbocycles. The summed E-state index contributed by atoms with van der Waals surface area (Å²) in [6.45, 7) is 7.52. The number of piperidine rings is 1. The minimum Gasteiger partial charge on any atom is -0.385 e. The number of rotatable bonds is 5. The first-order valence-corrected chi connectivity index (χ1v) is 8.77. The van der Waals surface area contributed by atoms with Gasteiger partial charge >= 0.3 is 0 Å². The molecule has 1 aliphatic carbocycles. The van der Waals surface area contributed by atoms with Crippen LogP contribution in [0, 0.1) is 18.8 Å². The van der Waals surface area contributed by atoms with Crippen molar-refractivity contribution in [3.05, 3.63) is 35.4 Å². The van der Waals surface area contributed by atoms with Gasteiger partial charge in [0.15, 0.2) is 0 Å². The normalized spacial score (nSPS) is 26.7. The van der Waals surface area contributed by atoms with Gasteiger partial charge in [-0.3, -0.25) is 4.79 Å². The molecule has 2 fully saturated rings. The molecule has 1 amide bonds. The summed E-state index contributed by atoms with van der Waals surface area (Å²) in [5.41, 5.74) is 1.55. The molecule has 23 heavy (non-hydrogen) atoms. The second-order valence-corrected chi connectivity index (χ2v) is 7.35. The SMILES string of the molecule is Cc1ccc(C2(O)CCN(CCNC(=O)[C@@H]3C[C@@H]3C)CC2)cc1. The van der Waals surface area contributed by atoms with Crippen LogP contribution in [-0.2, 0) is 10.4 Å². The maximum atomic E-state index is 11.8. The number of aryl methyl sites for hydroxylation is 1. The van der Waals surface area contributed by atoms with Gasteiger partial charge < -0.3 is 15.3 Å². The van der Waals surface area contributed by atoms with Crippen LogP contribution < -0.4 is 5.32 Å². The number of hydrogen-bond acceptors (Lipinski definition) is 3. The van der Waals surface area contributed by atoms with Gasteiger partial charge in [-0.15, -0.1) is 0 Å². The van der Waals surface area contributed by atoms with Crippen molar-refractivity contribution >= 4 is 5.91 Å². The average molecular weight is 316 g/mol. The Balaban J connectivity index is 1.43. The third-order valence-corrected chi connectivity index (χ3v) is 5.45. The van der Waals surface area contributed by atoms with Crippen LogP contribution in [0.25, 0.3) is 0 Å². The van der Waals surface area contributed by atoms with E-state index in [4.69, 9.17) is 0 Å². The predicted molar refractivity (Wildman–Crippen MR) is 91.0 cm³/mol. The van der Waals surface area contributed by atoms with Crippen LogP contribution >= 0.6 is 0 Å². The number of amides is 1. The maximum Gasteiger partial charge on any atom is 0.223 e. The highest BCUT2D eigenvalue weighted by atomic mass is 16.3. The van der Waals surface area contributed by atoms with Crippen molar-refractivity contribution in [3.8, 4) is 0 Å². The lowest BCUT2D eigenvalue weighted by atomic mass is 9.84. The third kappa shape index (κ3) is 3.93. The molecule has 1 heterocycles. The van der Waals surface area contributed by atoms with Gasteiger partial charge in [0.1, 0.15) is 0 Å². The first-order valence-electron chi connectivity index (χ1n) is 8.77. The highest BCUT2D eigenvalue weighted by Crippen LogP contribution is 2.37. The van der Waals surface area contributed by atoms with Crippen LogP contribution in [0.2, 0.25) is 0 Å². The van der Waals surface area contributed by atoms with E-state index in [9.17, 15) is 9.90 Å². The summed E-state index contributed by atoms with van der Waals surface area (Å²) in [7, 11) is 0. The number of likely N-dealkylation sites (tertiary alicyclic amines) is 1. The first kappa shape index (κ1) is 16.5. The molecule has 0 unspecified atom stereocenters. The molecule has 1 saturated heterocycles. The molecule has 2 atom stereocenters. The van der Waals surface area contributed by atoms with Crippen LogP contribution in [0.4, 0.5) is 0 Å². The molecule has 1 aliphatic heterocycles. The fourth-order valence-electron chi connectivity index (χ4n) is 3.45. The molecule has 4 nitrogen and oxygen atoms in total. The lowest BCUT2D eigenvalue weighted by molar-refractivity contribution is -0.122. The second kappa shape index (κ2) is 6.62. The van der Waals surface area contributed by atoms with Crippen molar-refractivity contribution in [1.29, 1.82) is 0 Å². The third-order valence-electron chi connectivity index (χ3n) is 5.45. The molecule has 0 radical (unpaired) electrons. The zero-order valence-corrected chi connectivity index (χ0v) is 14.2. The van der Waals surface area contributed by atoms with E-state index >= 15 is 0 Å². The van der Waals surface area contributed by atoms with Crippen molar-refractivity contribution < 1.29 is 9.90 Å². The van der Waals surface area contributed by atoms with Crippen molar-refractivity contribution in [2.75, 3.05) is 26.2 Å². The smallest absolute Gasteiger partial charge is 0.223 e. The molecule has 2 aliphatic rings. The van der Waals surface area contributed by atoms with Gasteiger partial charge in [0.2, 0.25) is 5.91 Å². The Morgan fingerprint density at radius 1 is 1.30 bits per heavy atom. The summed E-state index contributed by atoms with van der Waals surface area (Å²) < 4.78 is 0. The Morgan fingerprint density at radius 3 is 2.48 bits per heavy atom. The zero-order chi connectivity index (χ0) is 16.4. The van der Waals surface area contributed by atoms with Gasteiger partial charge in [-0.25, -0.2) is 0 Å². The van der Waals surface area contributed by atoms with E-state index < -0.39 is 5.60 Å². The fraction of sp³-hybridized carbons (Fsp3) is 0.632.